The molecule has 0 saturated heterocycles. The van der Waals surface area contributed by atoms with E-state index < -0.39 is 19.2 Å². The highest BCUT2D eigenvalue weighted by Gasteiger charge is 2.27. The Labute approximate surface area is 103 Å². The summed E-state index contributed by atoms with van der Waals surface area (Å²) < 4.78 is 40.8. The zero-order chi connectivity index (χ0) is 12.5. The Kier molecular flexibility index (Phi) is 3.39. The number of hydrogen-bond acceptors (Lipinski definition) is 4. The number of fused-ring (bicyclic) bond motifs is 1. The maximum absolute atomic E-state index is 12.0. The van der Waals surface area contributed by atoms with Gasteiger partial charge >= 0.3 is 6.18 Å². The van der Waals surface area contributed by atoms with Crippen molar-refractivity contribution in [2.45, 2.75) is 12.6 Å². The monoisotopic (exact) mass is 282 g/mol. The largest absolute Gasteiger partial charge is 0.477 e. The van der Waals surface area contributed by atoms with Gasteiger partial charge in [-0.15, -0.1) is 11.3 Å². The zero-order valence-corrected chi connectivity index (χ0v) is 9.86. The minimum atomic E-state index is -4.25. The summed E-state index contributed by atoms with van der Waals surface area (Å²) in [4.78, 5) is 8.28. The molecule has 0 amide bonds. The van der Waals surface area contributed by atoms with Crippen molar-refractivity contribution in [1.82, 2.24) is 9.97 Å². The summed E-state index contributed by atoms with van der Waals surface area (Å²) in [5, 5.41) is 2.27. The van der Waals surface area contributed by atoms with E-state index >= 15 is 0 Å². The lowest BCUT2D eigenvalue weighted by Crippen LogP contribution is -2.13. The molecule has 0 aliphatic carbocycles. The van der Waals surface area contributed by atoms with E-state index in [1.165, 1.54) is 11.3 Å². The molecule has 92 valence electrons. The molecule has 0 bridgehead atoms. The van der Waals surface area contributed by atoms with Gasteiger partial charge in [-0.3, -0.25) is 0 Å². The highest BCUT2D eigenvalue weighted by molar-refractivity contribution is 7.16. The van der Waals surface area contributed by atoms with Gasteiger partial charge in [0.2, 0.25) is 11.2 Å². The van der Waals surface area contributed by atoms with Crippen LogP contribution < -0.4 is 4.74 Å². The normalized spacial score (nSPS) is 12.0. The second-order valence-electron chi connectivity index (χ2n) is 3.15. The van der Waals surface area contributed by atoms with E-state index in [2.05, 4.69) is 9.97 Å². The third-order valence-corrected chi connectivity index (χ3v) is 2.86. The minimum absolute atomic E-state index is 0.0399. The van der Waals surface area contributed by atoms with E-state index in [1.807, 2.05) is 0 Å². The summed E-state index contributed by atoms with van der Waals surface area (Å²) in [6.45, 7) is -0.484. The molecule has 0 aliphatic heterocycles. The SMILES string of the molecule is FC(F)(F)CCOc1nc(Cl)nc2sccc12. The predicted octanol–water partition coefficient (Wildman–Crippen LogP) is 3.68. The van der Waals surface area contributed by atoms with Gasteiger partial charge in [0.15, 0.2) is 0 Å². The fourth-order valence-electron chi connectivity index (χ4n) is 1.18. The van der Waals surface area contributed by atoms with Crippen LogP contribution in [-0.2, 0) is 0 Å². The van der Waals surface area contributed by atoms with Gasteiger partial charge in [-0.1, -0.05) is 0 Å². The van der Waals surface area contributed by atoms with Crippen molar-refractivity contribution >= 4 is 33.2 Å². The van der Waals surface area contributed by atoms with Crippen LogP contribution >= 0.6 is 22.9 Å². The first-order valence-electron chi connectivity index (χ1n) is 4.56. The number of alkyl halides is 3. The van der Waals surface area contributed by atoms with Crippen LogP contribution in [0.15, 0.2) is 11.4 Å². The van der Waals surface area contributed by atoms with Gasteiger partial charge < -0.3 is 4.74 Å². The third kappa shape index (κ3) is 3.19. The number of ether oxygens (including phenoxy) is 1. The Hall–Kier alpha value is -1.08. The summed E-state index contributed by atoms with van der Waals surface area (Å²) in [5.41, 5.74) is 0. The van der Waals surface area contributed by atoms with E-state index in [1.54, 1.807) is 11.4 Å². The lowest BCUT2D eigenvalue weighted by molar-refractivity contribution is -0.139. The van der Waals surface area contributed by atoms with Crippen LogP contribution in [0.5, 0.6) is 5.88 Å². The summed E-state index contributed by atoms with van der Waals surface area (Å²) in [7, 11) is 0. The van der Waals surface area contributed by atoms with Crippen LogP contribution in [-0.4, -0.2) is 22.8 Å². The molecule has 2 aromatic rings. The summed E-state index contributed by atoms with van der Waals surface area (Å²) in [5.74, 6) is 0.0884. The lowest BCUT2D eigenvalue weighted by atomic mass is 10.4. The average Bonchev–Trinajstić information content (AvgIpc) is 2.63. The molecule has 8 heteroatoms. The molecule has 0 radical (unpaired) electrons. The van der Waals surface area contributed by atoms with Crippen LogP contribution in [0.2, 0.25) is 5.28 Å². The van der Waals surface area contributed by atoms with Gasteiger partial charge in [0.1, 0.15) is 4.83 Å². The molecule has 2 rings (SSSR count). The maximum atomic E-state index is 12.0. The van der Waals surface area contributed by atoms with Crippen molar-refractivity contribution in [1.29, 1.82) is 0 Å². The minimum Gasteiger partial charge on any atom is -0.477 e. The van der Waals surface area contributed by atoms with Crippen molar-refractivity contribution < 1.29 is 17.9 Å². The molecule has 2 heterocycles. The molecule has 2 aromatic heterocycles. The number of halogens is 4. The molecule has 0 fully saturated rings. The van der Waals surface area contributed by atoms with Crippen molar-refractivity contribution in [2.75, 3.05) is 6.61 Å². The van der Waals surface area contributed by atoms with E-state index in [-0.39, 0.29) is 11.2 Å². The van der Waals surface area contributed by atoms with Crippen molar-refractivity contribution in [2.24, 2.45) is 0 Å². The van der Waals surface area contributed by atoms with E-state index in [0.717, 1.165) is 0 Å². The Balaban J connectivity index is 2.15. The van der Waals surface area contributed by atoms with E-state index in [0.29, 0.717) is 10.2 Å². The Morgan fingerprint density at radius 1 is 1.35 bits per heavy atom. The number of hydrogen-bond donors (Lipinski definition) is 0. The molecule has 0 saturated carbocycles. The van der Waals surface area contributed by atoms with Gasteiger partial charge in [-0.2, -0.15) is 18.2 Å². The van der Waals surface area contributed by atoms with Crippen LogP contribution in [0.4, 0.5) is 13.2 Å². The van der Waals surface area contributed by atoms with Crippen molar-refractivity contribution in [3.63, 3.8) is 0 Å². The molecule has 0 spiro atoms. The predicted molar refractivity (Wildman–Crippen MR) is 58.6 cm³/mol. The number of nitrogens with zero attached hydrogens (tertiary/aromatic N) is 2. The molecule has 0 aromatic carbocycles. The molecule has 0 N–H and O–H groups in total. The topological polar surface area (TPSA) is 35.0 Å². The average molecular weight is 283 g/mol. The fourth-order valence-corrected chi connectivity index (χ4v) is 2.14. The summed E-state index contributed by atoms with van der Waals surface area (Å²) in [6.07, 6.45) is -5.27. The first-order chi connectivity index (χ1) is 7.96. The van der Waals surface area contributed by atoms with E-state index in [4.69, 9.17) is 16.3 Å². The fraction of sp³-hybridized carbons (Fsp3) is 0.333. The van der Waals surface area contributed by atoms with Gasteiger partial charge in [0, 0.05) is 0 Å². The standard InChI is InChI=1S/C9H6ClF3N2OS/c10-8-14-6(16-3-2-9(11,12)13)5-1-4-17-7(5)15-8/h1,4H,2-3H2. The molecular formula is C9H6ClF3N2OS. The third-order valence-electron chi connectivity index (χ3n) is 1.89. The number of rotatable bonds is 3. The van der Waals surface area contributed by atoms with Crippen LogP contribution in [0.3, 0.4) is 0 Å². The summed E-state index contributed by atoms with van der Waals surface area (Å²) >= 11 is 6.95. The smallest absolute Gasteiger partial charge is 0.392 e. The highest BCUT2D eigenvalue weighted by atomic mass is 35.5. The second kappa shape index (κ2) is 4.66. The van der Waals surface area contributed by atoms with Crippen LogP contribution in [0, 0.1) is 0 Å². The highest BCUT2D eigenvalue weighted by Crippen LogP contribution is 2.28. The molecule has 3 nitrogen and oxygen atoms in total. The first kappa shape index (κ1) is 12.4. The Morgan fingerprint density at radius 3 is 2.82 bits per heavy atom. The van der Waals surface area contributed by atoms with Crippen LogP contribution in [0.1, 0.15) is 6.42 Å². The van der Waals surface area contributed by atoms with Crippen LogP contribution in [0.25, 0.3) is 10.2 Å². The molecular weight excluding hydrogens is 277 g/mol. The molecule has 17 heavy (non-hydrogen) atoms. The number of thiophene rings is 1. The quantitative estimate of drug-likeness (QED) is 0.806. The molecule has 0 unspecified atom stereocenters. The van der Waals surface area contributed by atoms with Gasteiger partial charge in [-0.05, 0) is 23.0 Å². The first-order valence-corrected chi connectivity index (χ1v) is 5.82. The Bertz CT molecular complexity index is 528. The maximum Gasteiger partial charge on any atom is 0.392 e. The second-order valence-corrected chi connectivity index (χ2v) is 4.38. The number of aromatic nitrogens is 2. The van der Waals surface area contributed by atoms with Crippen molar-refractivity contribution in [3.8, 4) is 5.88 Å². The lowest BCUT2D eigenvalue weighted by Gasteiger charge is -2.08. The molecule has 0 atom stereocenters. The van der Waals surface area contributed by atoms with Crippen molar-refractivity contribution in [3.05, 3.63) is 16.7 Å². The summed E-state index contributed by atoms with van der Waals surface area (Å²) in [6, 6.07) is 1.68. The van der Waals surface area contributed by atoms with Gasteiger partial charge in [-0.25, -0.2) is 4.98 Å². The van der Waals surface area contributed by atoms with Gasteiger partial charge in [0.05, 0.1) is 18.4 Å². The Morgan fingerprint density at radius 2 is 2.12 bits per heavy atom. The zero-order valence-electron chi connectivity index (χ0n) is 8.29. The molecule has 0 aliphatic rings. The van der Waals surface area contributed by atoms with Gasteiger partial charge in [0.25, 0.3) is 0 Å². The van der Waals surface area contributed by atoms with E-state index in [9.17, 15) is 13.2 Å².